The Balaban J connectivity index is 1.76. The van der Waals surface area contributed by atoms with Crippen LogP contribution in [0.3, 0.4) is 0 Å². The van der Waals surface area contributed by atoms with Crippen LogP contribution < -0.4 is 14.8 Å². The van der Waals surface area contributed by atoms with E-state index in [-0.39, 0.29) is 18.2 Å². The Morgan fingerprint density at radius 1 is 1.10 bits per heavy atom. The highest BCUT2D eigenvalue weighted by atomic mass is 19.3. The SMILES string of the molecule is Cc1cc(C(=O)Nc2ncccc2OCc2ccncc2)cc(C)c1OC(F)F. The van der Waals surface area contributed by atoms with Gasteiger partial charge in [0.15, 0.2) is 11.6 Å². The van der Waals surface area contributed by atoms with Crippen molar-refractivity contribution in [2.45, 2.75) is 27.1 Å². The summed E-state index contributed by atoms with van der Waals surface area (Å²) in [7, 11) is 0. The number of nitrogens with zero attached hydrogens (tertiary/aromatic N) is 2. The number of pyridine rings is 2. The molecular weight excluding hydrogens is 380 g/mol. The zero-order chi connectivity index (χ0) is 20.8. The number of anilines is 1. The summed E-state index contributed by atoms with van der Waals surface area (Å²) < 4.78 is 35.4. The standard InChI is InChI=1S/C21H19F2N3O3/c1-13-10-16(11-14(2)18(13)29-21(22)23)20(27)26-19-17(4-3-7-25-19)28-12-15-5-8-24-9-6-15/h3-11,21H,12H2,1-2H3,(H,25,26,27). The molecule has 0 unspecified atom stereocenters. The minimum Gasteiger partial charge on any atom is -0.485 e. The van der Waals surface area contributed by atoms with E-state index in [1.54, 1.807) is 38.4 Å². The van der Waals surface area contributed by atoms with Crippen LogP contribution in [0.25, 0.3) is 0 Å². The molecule has 0 atom stereocenters. The predicted octanol–water partition coefficient (Wildman–Crippen LogP) is 4.53. The fourth-order valence-electron chi connectivity index (χ4n) is 2.78. The van der Waals surface area contributed by atoms with Gasteiger partial charge >= 0.3 is 6.61 Å². The lowest BCUT2D eigenvalue weighted by Gasteiger charge is -2.14. The van der Waals surface area contributed by atoms with Crippen molar-refractivity contribution in [3.63, 3.8) is 0 Å². The number of hydrogen-bond donors (Lipinski definition) is 1. The number of rotatable bonds is 7. The Morgan fingerprint density at radius 3 is 2.45 bits per heavy atom. The lowest BCUT2D eigenvalue weighted by molar-refractivity contribution is -0.0507. The van der Waals surface area contributed by atoms with Gasteiger partial charge in [-0.1, -0.05) is 0 Å². The molecule has 2 aromatic heterocycles. The maximum absolute atomic E-state index is 12.7. The van der Waals surface area contributed by atoms with E-state index in [9.17, 15) is 13.6 Å². The van der Waals surface area contributed by atoms with E-state index in [4.69, 9.17) is 4.74 Å². The minimum atomic E-state index is -2.93. The molecule has 150 valence electrons. The molecule has 0 bridgehead atoms. The van der Waals surface area contributed by atoms with Crippen molar-refractivity contribution in [1.29, 1.82) is 0 Å². The second-order valence-corrected chi connectivity index (χ2v) is 6.27. The van der Waals surface area contributed by atoms with E-state index in [0.717, 1.165) is 5.56 Å². The number of aromatic nitrogens is 2. The number of nitrogens with one attached hydrogen (secondary N) is 1. The quantitative estimate of drug-likeness (QED) is 0.632. The highest BCUT2D eigenvalue weighted by Crippen LogP contribution is 2.28. The Morgan fingerprint density at radius 2 is 1.79 bits per heavy atom. The van der Waals surface area contributed by atoms with Gasteiger partial charge in [-0.05, 0) is 66.9 Å². The molecule has 1 amide bonds. The van der Waals surface area contributed by atoms with Gasteiger partial charge in [-0.3, -0.25) is 9.78 Å². The van der Waals surface area contributed by atoms with E-state index in [1.165, 1.54) is 18.3 Å². The van der Waals surface area contributed by atoms with Crippen LogP contribution in [0.1, 0.15) is 27.0 Å². The van der Waals surface area contributed by atoms with Gasteiger partial charge in [-0.2, -0.15) is 8.78 Å². The summed E-state index contributed by atoms with van der Waals surface area (Å²) in [6, 6.07) is 10.0. The molecule has 0 saturated carbocycles. The average Bonchev–Trinajstić information content (AvgIpc) is 2.70. The number of ether oxygens (including phenoxy) is 2. The van der Waals surface area contributed by atoms with Crippen molar-refractivity contribution >= 4 is 11.7 Å². The summed E-state index contributed by atoms with van der Waals surface area (Å²) in [4.78, 5) is 20.8. The van der Waals surface area contributed by atoms with Crippen LogP contribution in [0.15, 0.2) is 55.0 Å². The van der Waals surface area contributed by atoms with Crippen molar-refractivity contribution in [1.82, 2.24) is 9.97 Å². The first kappa shape index (κ1) is 20.2. The fourth-order valence-corrected chi connectivity index (χ4v) is 2.78. The Labute approximate surface area is 166 Å². The van der Waals surface area contributed by atoms with Crippen LogP contribution in [0.5, 0.6) is 11.5 Å². The van der Waals surface area contributed by atoms with Crippen LogP contribution in [-0.2, 0) is 6.61 Å². The first-order valence-corrected chi connectivity index (χ1v) is 8.78. The van der Waals surface area contributed by atoms with Gasteiger partial charge in [0.25, 0.3) is 5.91 Å². The molecule has 29 heavy (non-hydrogen) atoms. The molecule has 0 radical (unpaired) electrons. The Hall–Kier alpha value is -3.55. The largest absolute Gasteiger partial charge is 0.485 e. The zero-order valence-corrected chi connectivity index (χ0v) is 15.9. The van der Waals surface area contributed by atoms with Crippen molar-refractivity contribution in [2.24, 2.45) is 0 Å². The van der Waals surface area contributed by atoms with Crippen LogP contribution in [0.2, 0.25) is 0 Å². The molecule has 1 aromatic carbocycles. The number of aryl methyl sites for hydroxylation is 2. The average molecular weight is 399 g/mol. The lowest BCUT2D eigenvalue weighted by Crippen LogP contribution is -2.15. The number of halogens is 2. The number of carbonyl (C=O) groups is 1. The molecule has 0 aliphatic rings. The van der Waals surface area contributed by atoms with Crippen LogP contribution >= 0.6 is 0 Å². The maximum Gasteiger partial charge on any atom is 0.387 e. The third kappa shape index (κ3) is 5.25. The van der Waals surface area contributed by atoms with Gasteiger partial charge in [-0.25, -0.2) is 4.98 Å². The molecule has 0 aliphatic heterocycles. The topological polar surface area (TPSA) is 73.3 Å². The van der Waals surface area contributed by atoms with Crippen LogP contribution in [-0.4, -0.2) is 22.5 Å². The molecule has 1 N–H and O–H groups in total. The molecule has 6 nitrogen and oxygen atoms in total. The number of benzene rings is 1. The normalized spacial score (nSPS) is 10.7. The molecule has 0 aliphatic carbocycles. The van der Waals surface area contributed by atoms with E-state index in [0.29, 0.717) is 22.4 Å². The van der Waals surface area contributed by atoms with Crippen LogP contribution in [0.4, 0.5) is 14.6 Å². The van der Waals surface area contributed by atoms with E-state index >= 15 is 0 Å². The number of alkyl halides is 2. The van der Waals surface area contributed by atoms with Crippen molar-refractivity contribution in [3.8, 4) is 11.5 Å². The summed E-state index contributed by atoms with van der Waals surface area (Å²) >= 11 is 0. The summed E-state index contributed by atoms with van der Waals surface area (Å²) in [6.07, 6.45) is 4.86. The monoisotopic (exact) mass is 399 g/mol. The Bertz CT molecular complexity index is 974. The molecule has 3 aromatic rings. The third-order valence-electron chi connectivity index (χ3n) is 4.08. The molecule has 0 fully saturated rings. The van der Waals surface area contributed by atoms with Gasteiger partial charge in [0.05, 0.1) is 0 Å². The van der Waals surface area contributed by atoms with E-state index in [2.05, 4.69) is 20.0 Å². The predicted molar refractivity (Wildman–Crippen MR) is 103 cm³/mol. The zero-order valence-electron chi connectivity index (χ0n) is 15.9. The van der Waals surface area contributed by atoms with E-state index in [1.807, 2.05) is 12.1 Å². The smallest absolute Gasteiger partial charge is 0.387 e. The van der Waals surface area contributed by atoms with Crippen molar-refractivity contribution in [3.05, 3.63) is 77.2 Å². The van der Waals surface area contributed by atoms with Gasteiger partial charge in [0.1, 0.15) is 12.4 Å². The van der Waals surface area contributed by atoms with E-state index < -0.39 is 12.5 Å². The van der Waals surface area contributed by atoms with Crippen molar-refractivity contribution in [2.75, 3.05) is 5.32 Å². The third-order valence-corrected chi connectivity index (χ3v) is 4.08. The molecular formula is C21H19F2N3O3. The molecule has 2 heterocycles. The highest BCUT2D eigenvalue weighted by molar-refractivity contribution is 6.04. The number of carbonyl (C=O) groups excluding carboxylic acids is 1. The molecule has 3 rings (SSSR count). The number of amides is 1. The molecule has 0 saturated heterocycles. The molecule has 0 spiro atoms. The lowest BCUT2D eigenvalue weighted by atomic mass is 10.1. The first-order valence-electron chi connectivity index (χ1n) is 8.78. The van der Waals surface area contributed by atoms with Gasteiger partial charge in [-0.15, -0.1) is 0 Å². The second-order valence-electron chi connectivity index (χ2n) is 6.27. The second kappa shape index (κ2) is 9.09. The maximum atomic E-state index is 12.7. The Kier molecular flexibility index (Phi) is 6.33. The van der Waals surface area contributed by atoms with Gasteiger partial charge in [0, 0.05) is 24.2 Å². The van der Waals surface area contributed by atoms with Gasteiger partial charge in [0.2, 0.25) is 0 Å². The summed E-state index contributed by atoms with van der Waals surface area (Å²) in [6.45, 7) is 0.562. The summed E-state index contributed by atoms with van der Waals surface area (Å²) in [5, 5.41) is 2.70. The number of hydrogen-bond acceptors (Lipinski definition) is 5. The molecule has 8 heteroatoms. The summed E-state index contributed by atoms with van der Waals surface area (Å²) in [5.41, 5.74) is 2.09. The minimum absolute atomic E-state index is 0.0655. The van der Waals surface area contributed by atoms with Crippen molar-refractivity contribution < 1.29 is 23.0 Å². The fraction of sp³-hybridized carbons (Fsp3) is 0.190. The van der Waals surface area contributed by atoms with Gasteiger partial charge < -0.3 is 14.8 Å². The highest BCUT2D eigenvalue weighted by Gasteiger charge is 2.16. The van der Waals surface area contributed by atoms with Crippen LogP contribution in [0, 0.1) is 13.8 Å². The summed E-state index contributed by atoms with van der Waals surface area (Å²) in [5.74, 6) is 0.293. The first-order chi connectivity index (χ1) is 13.9.